The number of amides is 1. The minimum absolute atomic E-state index is 0.110. The van der Waals surface area contributed by atoms with E-state index >= 15 is 0 Å². The standard InChI is InChI=1S/C14H29NO2/c1-4-5-6-7-11-17-12-9-14(16)15-10-8-13(2)3/h13H,4-12H2,1-3H3,(H,15,16). The summed E-state index contributed by atoms with van der Waals surface area (Å²) in [5.74, 6) is 0.754. The van der Waals surface area contributed by atoms with E-state index in [1.807, 2.05) is 0 Å². The molecule has 0 aliphatic rings. The summed E-state index contributed by atoms with van der Waals surface area (Å²) >= 11 is 0. The van der Waals surface area contributed by atoms with Crippen molar-refractivity contribution >= 4 is 5.91 Å². The van der Waals surface area contributed by atoms with Crippen LogP contribution in [0.2, 0.25) is 0 Å². The Labute approximate surface area is 106 Å². The molecule has 0 saturated carbocycles. The third-order valence-corrected chi connectivity index (χ3v) is 2.66. The summed E-state index contributed by atoms with van der Waals surface area (Å²) < 4.78 is 5.42. The van der Waals surface area contributed by atoms with Crippen molar-refractivity contribution in [3.63, 3.8) is 0 Å². The summed E-state index contributed by atoms with van der Waals surface area (Å²) in [5.41, 5.74) is 0. The van der Waals surface area contributed by atoms with Gasteiger partial charge in [0, 0.05) is 19.6 Å². The van der Waals surface area contributed by atoms with E-state index in [2.05, 4.69) is 26.1 Å². The van der Waals surface area contributed by atoms with Crippen LogP contribution in [0.3, 0.4) is 0 Å². The highest BCUT2D eigenvalue weighted by atomic mass is 16.5. The van der Waals surface area contributed by atoms with Gasteiger partial charge in [0.15, 0.2) is 0 Å². The highest BCUT2D eigenvalue weighted by Gasteiger charge is 2.01. The molecular weight excluding hydrogens is 214 g/mol. The Morgan fingerprint density at radius 3 is 2.59 bits per heavy atom. The average Bonchev–Trinajstić information content (AvgIpc) is 2.27. The smallest absolute Gasteiger partial charge is 0.222 e. The number of unbranched alkanes of at least 4 members (excludes halogenated alkanes) is 3. The van der Waals surface area contributed by atoms with Crippen LogP contribution in [-0.2, 0) is 9.53 Å². The summed E-state index contributed by atoms with van der Waals surface area (Å²) in [7, 11) is 0. The lowest BCUT2D eigenvalue weighted by Crippen LogP contribution is -2.26. The van der Waals surface area contributed by atoms with Crippen molar-refractivity contribution in [3.8, 4) is 0 Å². The molecule has 0 saturated heterocycles. The van der Waals surface area contributed by atoms with Crippen LogP contribution >= 0.6 is 0 Å². The molecule has 0 heterocycles. The SMILES string of the molecule is CCCCCCOCCC(=O)NCCC(C)C. The molecule has 0 aliphatic carbocycles. The van der Waals surface area contributed by atoms with E-state index < -0.39 is 0 Å². The fraction of sp³-hybridized carbons (Fsp3) is 0.929. The van der Waals surface area contributed by atoms with Crippen molar-refractivity contribution in [2.24, 2.45) is 5.92 Å². The largest absolute Gasteiger partial charge is 0.381 e. The van der Waals surface area contributed by atoms with Crippen LogP contribution < -0.4 is 5.32 Å². The highest BCUT2D eigenvalue weighted by molar-refractivity contribution is 5.75. The Hall–Kier alpha value is -0.570. The maximum Gasteiger partial charge on any atom is 0.222 e. The second kappa shape index (κ2) is 11.9. The van der Waals surface area contributed by atoms with Gasteiger partial charge >= 0.3 is 0 Å². The minimum atomic E-state index is 0.110. The first-order valence-electron chi connectivity index (χ1n) is 7.01. The first-order valence-corrected chi connectivity index (χ1v) is 7.01. The molecule has 0 aromatic carbocycles. The van der Waals surface area contributed by atoms with Gasteiger partial charge in [0.25, 0.3) is 0 Å². The van der Waals surface area contributed by atoms with E-state index in [-0.39, 0.29) is 5.91 Å². The Balaban J connectivity index is 3.16. The third kappa shape index (κ3) is 13.4. The van der Waals surface area contributed by atoms with Gasteiger partial charge in [-0.2, -0.15) is 0 Å². The topological polar surface area (TPSA) is 38.3 Å². The maximum atomic E-state index is 11.4. The second-order valence-corrected chi connectivity index (χ2v) is 4.96. The summed E-state index contributed by atoms with van der Waals surface area (Å²) in [6, 6.07) is 0. The van der Waals surface area contributed by atoms with Crippen LogP contribution in [0.15, 0.2) is 0 Å². The molecule has 1 amide bonds. The summed E-state index contributed by atoms with van der Waals surface area (Å²) in [6.07, 6.45) is 6.41. The van der Waals surface area contributed by atoms with Crippen LogP contribution in [-0.4, -0.2) is 25.7 Å². The quantitative estimate of drug-likeness (QED) is 0.566. The van der Waals surface area contributed by atoms with E-state index in [1.165, 1.54) is 19.3 Å². The monoisotopic (exact) mass is 243 g/mol. The number of carbonyl (C=O) groups is 1. The van der Waals surface area contributed by atoms with Gasteiger partial charge in [-0.15, -0.1) is 0 Å². The molecule has 0 atom stereocenters. The van der Waals surface area contributed by atoms with Crippen molar-refractivity contribution in [2.45, 2.75) is 59.3 Å². The van der Waals surface area contributed by atoms with Gasteiger partial charge in [-0.1, -0.05) is 40.0 Å². The van der Waals surface area contributed by atoms with Crippen molar-refractivity contribution in [1.82, 2.24) is 5.32 Å². The molecule has 0 aliphatic heterocycles. The molecule has 0 spiro atoms. The van der Waals surface area contributed by atoms with Gasteiger partial charge in [-0.25, -0.2) is 0 Å². The fourth-order valence-corrected chi connectivity index (χ4v) is 1.49. The van der Waals surface area contributed by atoms with Crippen molar-refractivity contribution in [3.05, 3.63) is 0 Å². The van der Waals surface area contributed by atoms with Gasteiger partial charge in [0.1, 0.15) is 0 Å². The number of rotatable bonds is 11. The van der Waals surface area contributed by atoms with Crippen LogP contribution in [0, 0.1) is 5.92 Å². The fourth-order valence-electron chi connectivity index (χ4n) is 1.49. The molecule has 0 radical (unpaired) electrons. The Bertz CT molecular complexity index is 181. The van der Waals surface area contributed by atoms with Crippen LogP contribution in [0.25, 0.3) is 0 Å². The van der Waals surface area contributed by atoms with Gasteiger partial charge in [-0.05, 0) is 18.8 Å². The van der Waals surface area contributed by atoms with Gasteiger partial charge in [0.05, 0.1) is 6.61 Å². The zero-order valence-corrected chi connectivity index (χ0v) is 11.8. The highest BCUT2D eigenvalue weighted by Crippen LogP contribution is 1.99. The Morgan fingerprint density at radius 2 is 1.94 bits per heavy atom. The molecular formula is C14H29NO2. The summed E-state index contributed by atoms with van der Waals surface area (Å²) in [4.78, 5) is 11.4. The van der Waals surface area contributed by atoms with E-state index in [1.54, 1.807) is 0 Å². The van der Waals surface area contributed by atoms with E-state index in [0.29, 0.717) is 18.9 Å². The summed E-state index contributed by atoms with van der Waals surface area (Å²) in [5, 5.41) is 2.91. The van der Waals surface area contributed by atoms with Gasteiger partial charge < -0.3 is 10.1 Å². The number of hydrogen-bond donors (Lipinski definition) is 1. The molecule has 3 heteroatoms. The van der Waals surface area contributed by atoms with E-state index in [9.17, 15) is 4.79 Å². The number of ether oxygens (including phenoxy) is 1. The zero-order valence-electron chi connectivity index (χ0n) is 11.8. The van der Waals surface area contributed by atoms with Crippen LogP contribution in [0.4, 0.5) is 0 Å². The minimum Gasteiger partial charge on any atom is -0.381 e. The Kier molecular flexibility index (Phi) is 11.5. The molecule has 0 fully saturated rings. The molecule has 0 unspecified atom stereocenters. The van der Waals surface area contributed by atoms with Gasteiger partial charge in [-0.3, -0.25) is 4.79 Å². The van der Waals surface area contributed by atoms with Gasteiger partial charge in [0.2, 0.25) is 5.91 Å². The lowest BCUT2D eigenvalue weighted by atomic mass is 10.1. The lowest BCUT2D eigenvalue weighted by Gasteiger charge is -2.07. The first-order chi connectivity index (χ1) is 8.16. The Morgan fingerprint density at radius 1 is 1.18 bits per heavy atom. The van der Waals surface area contributed by atoms with Crippen LogP contribution in [0.1, 0.15) is 59.3 Å². The molecule has 0 aromatic heterocycles. The second-order valence-electron chi connectivity index (χ2n) is 4.96. The summed E-state index contributed by atoms with van der Waals surface area (Å²) in [6.45, 7) is 8.64. The molecule has 0 rings (SSSR count). The maximum absolute atomic E-state index is 11.4. The van der Waals surface area contributed by atoms with Crippen molar-refractivity contribution in [1.29, 1.82) is 0 Å². The normalized spacial score (nSPS) is 10.8. The lowest BCUT2D eigenvalue weighted by molar-refractivity contribution is -0.122. The zero-order chi connectivity index (χ0) is 12.9. The molecule has 0 bridgehead atoms. The number of hydrogen-bond acceptors (Lipinski definition) is 2. The van der Waals surface area contributed by atoms with Crippen molar-refractivity contribution in [2.75, 3.05) is 19.8 Å². The molecule has 102 valence electrons. The number of nitrogens with one attached hydrogen (secondary N) is 1. The predicted molar refractivity (Wildman–Crippen MR) is 72.0 cm³/mol. The van der Waals surface area contributed by atoms with Crippen molar-refractivity contribution < 1.29 is 9.53 Å². The first kappa shape index (κ1) is 16.4. The average molecular weight is 243 g/mol. The molecule has 3 nitrogen and oxygen atoms in total. The van der Waals surface area contributed by atoms with E-state index in [4.69, 9.17) is 4.74 Å². The van der Waals surface area contributed by atoms with E-state index in [0.717, 1.165) is 26.0 Å². The number of carbonyl (C=O) groups excluding carboxylic acids is 1. The molecule has 17 heavy (non-hydrogen) atoms. The van der Waals surface area contributed by atoms with Crippen LogP contribution in [0.5, 0.6) is 0 Å². The molecule has 1 N–H and O–H groups in total. The predicted octanol–water partition coefficient (Wildman–Crippen LogP) is 3.14. The molecule has 0 aromatic rings. The third-order valence-electron chi connectivity index (χ3n) is 2.66.